The first-order valence-electron chi connectivity index (χ1n) is 9.56. The minimum absolute atomic E-state index is 0. The lowest BCUT2D eigenvalue weighted by Crippen LogP contribution is -2.37. The first kappa shape index (κ1) is 26.3. The van der Waals surface area contributed by atoms with E-state index < -0.39 is 4.92 Å². The first-order valence-corrected chi connectivity index (χ1v) is 9.56. The number of benzene rings is 2. The molecular weight excluding hydrogens is 515 g/mol. The van der Waals surface area contributed by atoms with Crippen LogP contribution in [0.4, 0.5) is 5.69 Å². The normalized spacial score (nSPS) is 10.6. The Hall–Kier alpha value is -2.76. The molecule has 0 radical (unpaired) electrons. The molecule has 9 nitrogen and oxygen atoms in total. The highest BCUT2D eigenvalue weighted by Gasteiger charge is 2.13. The van der Waals surface area contributed by atoms with Gasteiger partial charge in [0.05, 0.1) is 32.8 Å². The van der Waals surface area contributed by atoms with E-state index in [-0.39, 0.29) is 29.7 Å². The Labute approximate surface area is 199 Å². The number of hydrogen-bond donors (Lipinski definition) is 2. The number of nitro groups is 1. The molecule has 0 bridgehead atoms. The molecule has 0 saturated heterocycles. The van der Waals surface area contributed by atoms with E-state index in [4.69, 9.17) is 14.2 Å². The number of methoxy groups -OCH3 is 3. The smallest absolute Gasteiger partial charge is 0.269 e. The number of aliphatic imine (C=N–C) groups is 1. The molecule has 170 valence electrons. The molecule has 0 fully saturated rings. The number of ether oxygens (including phenoxy) is 3. The molecule has 0 saturated carbocycles. The van der Waals surface area contributed by atoms with Crippen LogP contribution in [0.2, 0.25) is 0 Å². The third-order valence-electron chi connectivity index (χ3n) is 4.29. The van der Waals surface area contributed by atoms with Crippen molar-refractivity contribution in [1.82, 2.24) is 10.6 Å². The number of non-ortho nitro benzene ring substituents is 1. The summed E-state index contributed by atoms with van der Waals surface area (Å²) >= 11 is 0. The second-order valence-electron chi connectivity index (χ2n) is 6.40. The van der Waals surface area contributed by atoms with Crippen LogP contribution in [-0.4, -0.2) is 38.8 Å². The molecular formula is C21H29IN4O5. The maximum atomic E-state index is 10.8. The van der Waals surface area contributed by atoms with Gasteiger partial charge in [-0.05, 0) is 29.7 Å². The third-order valence-corrected chi connectivity index (χ3v) is 4.29. The van der Waals surface area contributed by atoms with Crippen molar-refractivity contribution in [3.8, 4) is 17.2 Å². The average molecular weight is 544 g/mol. The minimum atomic E-state index is -0.412. The Morgan fingerprint density at radius 2 is 1.61 bits per heavy atom. The van der Waals surface area contributed by atoms with E-state index in [1.807, 2.05) is 12.1 Å². The van der Waals surface area contributed by atoms with Crippen molar-refractivity contribution in [3.05, 3.63) is 57.6 Å². The fraction of sp³-hybridized carbons (Fsp3) is 0.381. The molecule has 31 heavy (non-hydrogen) atoms. The lowest BCUT2D eigenvalue weighted by atomic mass is 10.2. The minimum Gasteiger partial charge on any atom is -0.493 e. The maximum Gasteiger partial charge on any atom is 0.269 e. The zero-order valence-corrected chi connectivity index (χ0v) is 20.5. The molecule has 0 aliphatic rings. The summed E-state index contributed by atoms with van der Waals surface area (Å²) in [6, 6.07) is 10.1. The third kappa shape index (κ3) is 7.78. The summed E-state index contributed by atoms with van der Waals surface area (Å²) < 4.78 is 16.1. The van der Waals surface area contributed by atoms with E-state index >= 15 is 0 Å². The molecule has 0 aliphatic carbocycles. The molecule has 0 unspecified atom stereocenters. The van der Waals surface area contributed by atoms with Gasteiger partial charge in [-0.25, -0.2) is 4.99 Å². The van der Waals surface area contributed by atoms with Crippen LogP contribution in [0.25, 0.3) is 0 Å². The second-order valence-corrected chi connectivity index (χ2v) is 6.40. The van der Waals surface area contributed by atoms with Crippen molar-refractivity contribution >= 4 is 35.6 Å². The van der Waals surface area contributed by atoms with Gasteiger partial charge in [0, 0.05) is 25.2 Å². The van der Waals surface area contributed by atoms with Crippen molar-refractivity contribution in [1.29, 1.82) is 0 Å². The summed E-state index contributed by atoms with van der Waals surface area (Å²) in [5.74, 6) is 2.32. The van der Waals surface area contributed by atoms with Crippen LogP contribution < -0.4 is 24.8 Å². The molecule has 0 aliphatic heterocycles. The number of halogens is 1. The van der Waals surface area contributed by atoms with Gasteiger partial charge in [-0.15, -0.1) is 24.0 Å². The van der Waals surface area contributed by atoms with Gasteiger partial charge in [-0.2, -0.15) is 0 Å². The summed E-state index contributed by atoms with van der Waals surface area (Å²) in [6.45, 7) is 3.72. The zero-order chi connectivity index (χ0) is 21.9. The molecule has 0 aromatic heterocycles. The zero-order valence-electron chi connectivity index (χ0n) is 18.1. The van der Waals surface area contributed by atoms with Crippen molar-refractivity contribution < 1.29 is 19.1 Å². The van der Waals surface area contributed by atoms with Crippen LogP contribution in [0.5, 0.6) is 17.2 Å². The topological polar surface area (TPSA) is 107 Å². The quantitative estimate of drug-likeness (QED) is 0.154. The monoisotopic (exact) mass is 544 g/mol. The van der Waals surface area contributed by atoms with Gasteiger partial charge in [0.25, 0.3) is 5.69 Å². The Balaban J connectivity index is 0.00000480. The summed E-state index contributed by atoms with van der Waals surface area (Å²) in [5, 5.41) is 17.3. The fourth-order valence-corrected chi connectivity index (χ4v) is 2.74. The van der Waals surface area contributed by atoms with Crippen molar-refractivity contribution in [2.45, 2.75) is 26.4 Å². The van der Waals surface area contributed by atoms with Gasteiger partial charge in [0.2, 0.25) is 5.75 Å². The van der Waals surface area contributed by atoms with E-state index in [1.54, 1.807) is 33.5 Å². The molecule has 0 amide bonds. The van der Waals surface area contributed by atoms with Crippen molar-refractivity contribution in [3.63, 3.8) is 0 Å². The Bertz CT molecular complexity index is 850. The van der Waals surface area contributed by atoms with Gasteiger partial charge in [0.1, 0.15) is 0 Å². The molecule has 2 aromatic rings. The fourth-order valence-electron chi connectivity index (χ4n) is 2.74. The Morgan fingerprint density at radius 3 is 2.10 bits per heavy atom. The SMILES string of the molecule is CCCNC(=NCc1cc(OC)c(OC)c(OC)c1)NCc1ccc([N+](=O)[O-])cc1.I. The molecule has 2 N–H and O–H groups in total. The number of nitrogens with zero attached hydrogens (tertiary/aromatic N) is 2. The van der Waals surface area contributed by atoms with Crippen molar-refractivity contribution in [2.24, 2.45) is 4.99 Å². The summed E-state index contributed by atoms with van der Waals surface area (Å²) in [4.78, 5) is 15.0. The molecule has 0 heterocycles. The largest absolute Gasteiger partial charge is 0.493 e. The van der Waals surface area contributed by atoms with E-state index in [0.717, 1.165) is 24.1 Å². The molecule has 2 aromatic carbocycles. The highest BCUT2D eigenvalue weighted by Crippen LogP contribution is 2.38. The lowest BCUT2D eigenvalue weighted by molar-refractivity contribution is -0.384. The van der Waals surface area contributed by atoms with E-state index in [9.17, 15) is 10.1 Å². The number of rotatable bonds is 10. The van der Waals surface area contributed by atoms with Crippen LogP contribution >= 0.6 is 24.0 Å². The number of hydrogen-bond acceptors (Lipinski definition) is 6. The standard InChI is InChI=1S/C21H28N4O5.HI/c1-5-10-22-21(23-13-15-6-8-17(9-7-15)25(26)27)24-14-16-11-18(28-2)20(30-4)19(12-16)29-3;/h6-9,11-12H,5,10,13-14H2,1-4H3,(H2,22,23,24);1H. The van der Waals surface area contributed by atoms with Gasteiger partial charge in [-0.1, -0.05) is 19.1 Å². The predicted molar refractivity (Wildman–Crippen MR) is 131 cm³/mol. The number of guanidine groups is 1. The van der Waals surface area contributed by atoms with E-state index in [2.05, 4.69) is 22.5 Å². The van der Waals surface area contributed by atoms with Crippen molar-refractivity contribution in [2.75, 3.05) is 27.9 Å². The second kappa shape index (κ2) is 13.5. The Kier molecular flexibility index (Phi) is 11.5. The molecule has 0 atom stereocenters. The summed E-state index contributed by atoms with van der Waals surface area (Å²) in [6.07, 6.45) is 0.947. The van der Waals surface area contributed by atoms with Crippen LogP contribution in [0.15, 0.2) is 41.4 Å². The van der Waals surface area contributed by atoms with Crippen LogP contribution in [0.1, 0.15) is 24.5 Å². The van der Waals surface area contributed by atoms with Gasteiger partial charge < -0.3 is 24.8 Å². The van der Waals surface area contributed by atoms with Gasteiger partial charge in [-0.3, -0.25) is 10.1 Å². The highest BCUT2D eigenvalue weighted by atomic mass is 127. The molecule has 2 rings (SSSR count). The summed E-state index contributed by atoms with van der Waals surface area (Å²) in [5.41, 5.74) is 1.89. The van der Waals surface area contributed by atoms with Crippen LogP contribution in [0, 0.1) is 10.1 Å². The van der Waals surface area contributed by atoms with Crippen LogP contribution in [-0.2, 0) is 13.1 Å². The maximum absolute atomic E-state index is 10.8. The van der Waals surface area contributed by atoms with Gasteiger partial charge in [0.15, 0.2) is 17.5 Å². The first-order chi connectivity index (χ1) is 14.5. The molecule has 10 heteroatoms. The lowest BCUT2D eigenvalue weighted by Gasteiger charge is -2.15. The van der Waals surface area contributed by atoms with Crippen LogP contribution in [0.3, 0.4) is 0 Å². The highest BCUT2D eigenvalue weighted by molar-refractivity contribution is 14.0. The molecule has 0 spiro atoms. The van der Waals surface area contributed by atoms with E-state index in [0.29, 0.717) is 36.3 Å². The predicted octanol–water partition coefficient (Wildman–Crippen LogP) is 3.88. The average Bonchev–Trinajstić information content (AvgIpc) is 2.77. The Morgan fingerprint density at radius 1 is 1.00 bits per heavy atom. The number of nitrogens with one attached hydrogen (secondary N) is 2. The summed E-state index contributed by atoms with van der Waals surface area (Å²) in [7, 11) is 4.71. The van der Waals surface area contributed by atoms with E-state index in [1.165, 1.54) is 12.1 Å². The number of nitro benzene ring substituents is 1. The van der Waals surface area contributed by atoms with Gasteiger partial charge >= 0.3 is 0 Å².